The van der Waals surface area contributed by atoms with Crippen LogP contribution in [0, 0.1) is 14.9 Å². The molecule has 162 valence electrons. The number of carbonyl (C=O) groups is 1. The number of hydrogen-bond donors (Lipinski definition) is 1. The van der Waals surface area contributed by atoms with Crippen LogP contribution in [0.15, 0.2) is 76.8 Å². The number of ether oxygens (including phenoxy) is 2. The molecule has 32 heavy (non-hydrogen) atoms. The highest BCUT2D eigenvalue weighted by Crippen LogP contribution is 2.38. The maximum Gasteiger partial charge on any atom is 0.266 e. The van der Waals surface area contributed by atoms with Crippen LogP contribution in [0.25, 0.3) is 6.08 Å². The maximum atomic E-state index is 12.6. The zero-order valence-electron chi connectivity index (χ0n) is 17.3. The molecule has 3 rings (SSSR count). The molecule has 0 saturated carbocycles. The number of rotatable bonds is 8. The van der Waals surface area contributed by atoms with Crippen molar-refractivity contribution in [1.29, 1.82) is 5.26 Å². The number of halogens is 2. The van der Waals surface area contributed by atoms with Crippen molar-refractivity contribution in [1.82, 2.24) is 0 Å². The van der Waals surface area contributed by atoms with E-state index in [1.807, 2.05) is 55.5 Å². The van der Waals surface area contributed by atoms with Crippen LogP contribution in [0.4, 0.5) is 5.69 Å². The van der Waals surface area contributed by atoms with Crippen molar-refractivity contribution in [2.75, 3.05) is 11.9 Å². The second kappa shape index (κ2) is 11.7. The van der Waals surface area contributed by atoms with Crippen LogP contribution in [0.3, 0.4) is 0 Å². The van der Waals surface area contributed by atoms with Gasteiger partial charge in [-0.05, 0) is 99.0 Å². The highest BCUT2D eigenvalue weighted by molar-refractivity contribution is 14.1. The average Bonchev–Trinajstić information content (AvgIpc) is 2.79. The smallest absolute Gasteiger partial charge is 0.266 e. The molecule has 0 heterocycles. The average molecular weight is 603 g/mol. The molecule has 0 bridgehead atoms. The summed E-state index contributed by atoms with van der Waals surface area (Å²) in [6.45, 7) is 2.71. The van der Waals surface area contributed by atoms with Gasteiger partial charge in [0.25, 0.3) is 5.91 Å². The van der Waals surface area contributed by atoms with Gasteiger partial charge < -0.3 is 14.8 Å². The number of nitrogens with zero attached hydrogens (tertiary/aromatic N) is 1. The van der Waals surface area contributed by atoms with Gasteiger partial charge in [-0.15, -0.1) is 0 Å². The molecule has 0 spiro atoms. The van der Waals surface area contributed by atoms with E-state index in [0.717, 1.165) is 9.13 Å². The highest BCUT2D eigenvalue weighted by Gasteiger charge is 2.15. The molecule has 1 N–H and O–H groups in total. The Morgan fingerprint density at radius 3 is 2.50 bits per heavy atom. The Hall–Kier alpha value is -2.83. The van der Waals surface area contributed by atoms with Gasteiger partial charge in [0.05, 0.1) is 11.1 Å². The second-order valence-corrected chi connectivity index (χ2v) is 8.77. The van der Waals surface area contributed by atoms with Gasteiger partial charge in [-0.2, -0.15) is 5.26 Å². The van der Waals surface area contributed by atoms with Crippen molar-refractivity contribution < 1.29 is 14.3 Å². The summed E-state index contributed by atoms with van der Waals surface area (Å²) in [5, 5.41) is 12.3. The molecule has 1 amide bonds. The van der Waals surface area contributed by atoms with Crippen molar-refractivity contribution in [2.45, 2.75) is 13.5 Å². The Morgan fingerprint density at radius 1 is 1.12 bits per heavy atom. The molecule has 0 aliphatic heterocycles. The van der Waals surface area contributed by atoms with E-state index >= 15 is 0 Å². The van der Waals surface area contributed by atoms with E-state index in [1.165, 1.54) is 6.08 Å². The molecule has 0 aliphatic carbocycles. The fourth-order valence-electron chi connectivity index (χ4n) is 2.85. The first-order chi connectivity index (χ1) is 15.5. The van der Waals surface area contributed by atoms with Crippen molar-refractivity contribution in [3.8, 4) is 17.6 Å². The lowest BCUT2D eigenvalue weighted by Gasteiger charge is -2.15. The third kappa shape index (κ3) is 6.58. The van der Waals surface area contributed by atoms with Crippen LogP contribution in [0.5, 0.6) is 11.5 Å². The number of nitrogens with one attached hydrogen (secondary N) is 1. The maximum absolute atomic E-state index is 12.6. The summed E-state index contributed by atoms with van der Waals surface area (Å²) in [5.41, 5.74) is 2.28. The van der Waals surface area contributed by atoms with Gasteiger partial charge in [-0.25, -0.2) is 0 Å². The number of benzene rings is 3. The van der Waals surface area contributed by atoms with Crippen LogP contribution in [-0.2, 0) is 11.4 Å². The zero-order valence-corrected chi connectivity index (χ0v) is 21.0. The minimum absolute atomic E-state index is 0.0177. The third-order valence-electron chi connectivity index (χ3n) is 4.34. The van der Waals surface area contributed by atoms with Crippen molar-refractivity contribution in [2.24, 2.45) is 0 Å². The fourth-order valence-corrected chi connectivity index (χ4v) is 3.78. The van der Waals surface area contributed by atoms with E-state index in [0.29, 0.717) is 40.4 Å². The molecule has 0 radical (unpaired) electrons. The first-order valence-electron chi connectivity index (χ1n) is 9.82. The molecule has 0 atom stereocenters. The second-order valence-electron chi connectivity index (χ2n) is 6.67. The Balaban J connectivity index is 1.83. The van der Waals surface area contributed by atoms with Crippen LogP contribution in [0.1, 0.15) is 18.1 Å². The molecule has 0 unspecified atom stereocenters. The number of amides is 1. The van der Waals surface area contributed by atoms with Crippen LogP contribution in [-0.4, -0.2) is 12.5 Å². The minimum atomic E-state index is -0.479. The van der Waals surface area contributed by atoms with Crippen LogP contribution in [0.2, 0.25) is 0 Å². The first kappa shape index (κ1) is 23.8. The molecular weight excluding hydrogens is 583 g/mol. The monoisotopic (exact) mass is 602 g/mol. The largest absolute Gasteiger partial charge is 0.490 e. The first-order valence-corrected chi connectivity index (χ1v) is 11.7. The topological polar surface area (TPSA) is 71.3 Å². The molecule has 0 aromatic heterocycles. The minimum Gasteiger partial charge on any atom is -0.490 e. The number of hydrogen-bond acceptors (Lipinski definition) is 4. The number of carbonyl (C=O) groups excluding carboxylic acids is 1. The SMILES string of the molecule is CCOc1cc(/C=C(/C#N)C(=O)Nc2ccc(I)cc2)cc(Br)c1OCc1ccccc1. The summed E-state index contributed by atoms with van der Waals surface area (Å²) in [5.74, 6) is 0.612. The number of anilines is 1. The lowest BCUT2D eigenvalue weighted by Crippen LogP contribution is -2.13. The van der Waals surface area contributed by atoms with Gasteiger partial charge in [-0.3, -0.25) is 4.79 Å². The van der Waals surface area contributed by atoms with Gasteiger partial charge in [0.1, 0.15) is 18.2 Å². The normalized spacial score (nSPS) is 10.9. The Bertz CT molecular complexity index is 1160. The van der Waals surface area contributed by atoms with Crippen LogP contribution < -0.4 is 14.8 Å². The predicted octanol–water partition coefficient (Wildman–Crippen LogP) is 6.58. The van der Waals surface area contributed by atoms with Crippen molar-refractivity contribution in [3.05, 3.63) is 91.5 Å². The molecule has 0 saturated heterocycles. The highest BCUT2D eigenvalue weighted by atomic mass is 127. The van der Waals surface area contributed by atoms with Crippen molar-refractivity contribution in [3.63, 3.8) is 0 Å². The molecule has 3 aromatic carbocycles. The summed E-state index contributed by atoms with van der Waals surface area (Å²) >= 11 is 5.72. The predicted molar refractivity (Wildman–Crippen MR) is 137 cm³/mol. The van der Waals surface area contributed by atoms with Gasteiger partial charge in [0.2, 0.25) is 0 Å². The standard InChI is InChI=1S/C25H20BrIN2O3/c1-2-31-23-14-18(13-22(26)24(23)32-16-17-6-4-3-5-7-17)12-19(15-28)25(30)29-21-10-8-20(27)9-11-21/h3-14H,2,16H2,1H3,(H,29,30)/b19-12-. The lowest BCUT2D eigenvalue weighted by atomic mass is 10.1. The van der Waals surface area contributed by atoms with Gasteiger partial charge >= 0.3 is 0 Å². The van der Waals surface area contributed by atoms with Gasteiger partial charge in [0, 0.05) is 9.26 Å². The Kier molecular flexibility index (Phi) is 8.71. The van der Waals surface area contributed by atoms with Gasteiger partial charge in [-0.1, -0.05) is 30.3 Å². The molecule has 5 nitrogen and oxygen atoms in total. The van der Waals surface area contributed by atoms with E-state index in [2.05, 4.69) is 43.8 Å². The molecule has 3 aromatic rings. The summed E-state index contributed by atoms with van der Waals surface area (Å²) in [6.07, 6.45) is 1.52. The van der Waals surface area contributed by atoms with Crippen molar-refractivity contribution >= 4 is 56.2 Å². The molecular formula is C25H20BrIN2O3. The fraction of sp³-hybridized carbons (Fsp3) is 0.120. The summed E-state index contributed by atoms with van der Waals surface area (Å²) < 4.78 is 13.5. The summed E-state index contributed by atoms with van der Waals surface area (Å²) in [6, 6.07) is 22.7. The quantitative estimate of drug-likeness (QED) is 0.180. The Labute approximate surface area is 209 Å². The Morgan fingerprint density at radius 2 is 1.84 bits per heavy atom. The lowest BCUT2D eigenvalue weighted by molar-refractivity contribution is -0.112. The van der Waals surface area contributed by atoms with E-state index in [9.17, 15) is 10.1 Å². The van der Waals surface area contributed by atoms with E-state index < -0.39 is 5.91 Å². The zero-order chi connectivity index (χ0) is 22.9. The van der Waals surface area contributed by atoms with E-state index in [1.54, 1.807) is 24.3 Å². The van der Waals surface area contributed by atoms with E-state index in [4.69, 9.17) is 9.47 Å². The molecule has 7 heteroatoms. The number of nitriles is 1. The van der Waals surface area contributed by atoms with Crippen LogP contribution >= 0.6 is 38.5 Å². The van der Waals surface area contributed by atoms with Gasteiger partial charge in [0.15, 0.2) is 11.5 Å². The summed E-state index contributed by atoms with van der Waals surface area (Å²) in [7, 11) is 0. The third-order valence-corrected chi connectivity index (χ3v) is 5.64. The van der Waals surface area contributed by atoms with E-state index in [-0.39, 0.29) is 5.57 Å². The molecule has 0 aliphatic rings. The molecule has 0 fully saturated rings. The summed E-state index contributed by atoms with van der Waals surface area (Å²) in [4.78, 5) is 12.6.